The largest absolute Gasteiger partial charge is 0.492 e. The number of nitrogens with one attached hydrogen (secondary N) is 1. The predicted octanol–water partition coefficient (Wildman–Crippen LogP) is 3.22. The molecule has 0 amide bonds. The van der Waals surface area contributed by atoms with Gasteiger partial charge in [0.05, 0.1) is 12.2 Å². The molecule has 0 atom stereocenters. The van der Waals surface area contributed by atoms with Crippen LogP contribution in [0.2, 0.25) is 0 Å². The maximum atomic E-state index is 5.69. The maximum Gasteiger partial charge on any atom is 0.120 e. The van der Waals surface area contributed by atoms with Crippen LogP contribution in [0.1, 0.15) is 19.5 Å². The molecule has 0 fully saturated rings. The number of ether oxygens (including phenoxy) is 1. The minimum atomic E-state index is 0.472. The fourth-order valence-electron chi connectivity index (χ4n) is 1.75. The number of aromatic nitrogens is 2. The molecule has 0 bridgehead atoms. The quantitative estimate of drug-likeness (QED) is 0.843. The van der Waals surface area contributed by atoms with Crippen LogP contribution in [0, 0.1) is 0 Å². The van der Waals surface area contributed by atoms with E-state index in [9.17, 15) is 0 Å². The lowest BCUT2D eigenvalue weighted by atomic mass is 10.3. The van der Waals surface area contributed by atoms with Gasteiger partial charge in [-0.2, -0.15) is 5.10 Å². The van der Waals surface area contributed by atoms with Gasteiger partial charge in [-0.3, -0.25) is 4.68 Å². The van der Waals surface area contributed by atoms with Crippen molar-refractivity contribution in [3.05, 3.63) is 46.7 Å². The minimum Gasteiger partial charge on any atom is -0.492 e. The molecule has 1 N–H and O–H groups in total. The summed E-state index contributed by atoms with van der Waals surface area (Å²) in [7, 11) is 0. The van der Waals surface area contributed by atoms with E-state index in [0.29, 0.717) is 12.6 Å². The van der Waals surface area contributed by atoms with Crippen LogP contribution in [0.25, 0.3) is 0 Å². The van der Waals surface area contributed by atoms with Crippen LogP contribution in [0.5, 0.6) is 5.75 Å². The number of rotatable bonds is 7. The Labute approximate surface area is 128 Å². The number of nitrogens with zero attached hydrogens (tertiary/aromatic N) is 2. The maximum absolute atomic E-state index is 5.69. The SMILES string of the molecule is CC(C)NCc1ccn(CCOc2cccc(Br)c2)n1. The summed E-state index contributed by atoms with van der Waals surface area (Å²) in [5, 5.41) is 7.85. The second-order valence-corrected chi connectivity index (χ2v) is 5.83. The van der Waals surface area contributed by atoms with Gasteiger partial charge >= 0.3 is 0 Å². The molecule has 5 heteroatoms. The summed E-state index contributed by atoms with van der Waals surface area (Å²) in [5.74, 6) is 0.869. The molecule has 0 saturated heterocycles. The molecule has 1 heterocycles. The van der Waals surface area contributed by atoms with Crippen molar-refractivity contribution in [2.45, 2.75) is 33.0 Å². The number of hydrogen-bond donors (Lipinski definition) is 1. The van der Waals surface area contributed by atoms with Crippen molar-refractivity contribution in [2.75, 3.05) is 6.61 Å². The molecule has 1 aromatic carbocycles. The topological polar surface area (TPSA) is 39.1 Å². The van der Waals surface area contributed by atoms with Crippen LogP contribution in [-0.2, 0) is 13.1 Å². The van der Waals surface area contributed by atoms with Crippen molar-refractivity contribution in [1.82, 2.24) is 15.1 Å². The van der Waals surface area contributed by atoms with Crippen LogP contribution in [0.3, 0.4) is 0 Å². The van der Waals surface area contributed by atoms with Gasteiger partial charge in [0.25, 0.3) is 0 Å². The van der Waals surface area contributed by atoms with E-state index < -0.39 is 0 Å². The van der Waals surface area contributed by atoms with E-state index in [1.807, 2.05) is 41.2 Å². The first-order valence-electron chi connectivity index (χ1n) is 6.77. The molecule has 0 aliphatic carbocycles. The van der Waals surface area contributed by atoms with Gasteiger partial charge < -0.3 is 10.1 Å². The standard InChI is InChI=1S/C15H20BrN3O/c1-12(2)17-11-14-6-7-19(18-14)8-9-20-15-5-3-4-13(16)10-15/h3-7,10,12,17H,8-9,11H2,1-2H3. The Morgan fingerprint density at radius 1 is 1.35 bits per heavy atom. The van der Waals surface area contributed by atoms with Crippen LogP contribution in [0.15, 0.2) is 41.0 Å². The lowest BCUT2D eigenvalue weighted by Gasteiger charge is -2.07. The van der Waals surface area contributed by atoms with Gasteiger partial charge in [-0.15, -0.1) is 0 Å². The first-order chi connectivity index (χ1) is 9.63. The van der Waals surface area contributed by atoms with E-state index in [-0.39, 0.29) is 0 Å². The Morgan fingerprint density at radius 2 is 2.20 bits per heavy atom. The van der Waals surface area contributed by atoms with E-state index in [2.05, 4.69) is 40.2 Å². The molecule has 0 aliphatic heterocycles. The molecule has 0 radical (unpaired) electrons. The monoisotopic (exact) mass is 337 g/mol. The first-order valence-corrected chi connectivity index (χ1v) is 7.57. The number of halogens is 1. The average Bonchev–Trinajstić information content (AvgIpc) is 2.84. The Morgan fingerprint density at radius 3 is 2.95 bits per heavy atom. The van der Waals surface area contributed by atoms with Gasteiger partial charge in [0.15, 0.2) is 0 Å². The summed E-state index contributed by atoms with van der Waals surface area (Å²) in [6.45, 7) is 6.41. The first kappa shape index (κ1) is 15.1. The zero-order valence-corrected chi connectivity index (χ0v) is 13.4. The van der Waals surface area contributed by atoms with Crippen molar-refractivity contribution in [3.8, 4) is 5.75 Å². The molecular weight excluding hydrogens is 318 g/mol. The second kappa shape index (κ2) is 7.45. The van der Waals surface area contributed by atoms with Gasteiger partial charge in [-0.1, -0.05) is 35.8 Å². The highest BCUT2D eigenvalue weighted by Gasteiger charge is 2.01. The van der Waals surface area contributed by atoms with Crippen LogP contribution in [0.4, 0.5) is 0 Å². The highest BCUT2D eigenvalue weighted by Crippen LogP contribution is 2.17. The van der Waals surface area contributed by atoms with Gasteiger partial charge in [0, 0.05) is 23.3 Å². The third kappa shape index (κ3) is 4.98. The minimum absolute atomic E-state index is 0.472. The van der Waals surface area contributed by atoms with Crippen molar-refractivity contribution < 1.29 is 4.74 Å². The molecule has 108 valence electrons. The average molecular weight is 338 g/mol. The van der Waals surface area contributed by atoms with E-state index >= 15 is 0 Å². The summed E-state index contributed by atoms with van der Waals surface area (Å²) in [4.78, 5) is 0. The van der Waals surface area contributed by atoms with Crippen molar-refractivity contribution >= 4 is 15.9 Å². The van der Waals surface area contributed by atoms with E-state index in [4.69, 9.17) is 4.74 Å². The molecule has 20 heavy (non-hydrogen) atoms. The summed E-state index contributed by atoms with van der Waals surface area (Å²) in [6, 6.07) is 10.4. The smallest absolute Gasteiger partial charge is 0.120 e. The Hall–Kier alpha value is -1.33. The van der Waals surface area contributed by atoms with Gasteiger partial charge in [0.2, 0.25) is 0 Å². The fraction of sp³-hybridized carbons (Fsp3) is 0.400. The lowest BCUT2D eigenvalue weighted by molar-refractivity contribution is 0.290. The van der Waals surface area contributed by atoms with E-state index in [1.165, 1.54) is 0 Å². The summed E-state index contributed by atoms with van der Waals surface area (Å²) >= 11 is 3.43. The highest BCUT2D eigenvalue weighted by molar-refractivity contribution is 9.10. The molecule has 2 rings (SSSR count). The van der Waals surface area contributed by atoms with Crippen molar-refractivity contribution in [3.63, 3.8) is 0 Å². The molecular formula is C15H20BrN3O. The summed E-state index contributed by atoms with van der Waals surface area (Å²) in [5.41, 5.74) is 1.06. The molecule has 0 aliphatic rings. The predicted molar refractivity (Wildman–Crippen MR) is 83.8 cm³/mol. The van der Waals surface area contributed by atoms with E-state index in [1.54, 1.807) is 0 Å². The molecule has 4 nitrogen and oxygen atoms in total. The zero-order chi connectivity index (χ0) is 14.4. The Balaban J connectivity index is 1.77. The molecule has 2 aromatic rings. The highest BCUT2D eigenvalue weighted by atomic mass is 79.9. The summed E-state index contributed by atoms with van der Waals surface area (Å²) in [6.07, 6.45) is 1.99. The molecule has 0 saturated carbocycles. The van der Waals surface area contributed by atoms with Crippen molar-refractivity contribution in [1.29, 1.82) is 0 Å². The van der Waals surface area contributed by atoms with Gasteiger partial charge in [0.1, 0.15) is 12.4 Å². The Kier molecular flexibility index (Phi) is 5.61. The summed E-state index contributed by atoms with van der Waals surface area (Å²) < 4.78 is 8.63. The molecule has 0 unspecified atom stereocenters. The number of hydrogen-bond acceptors (Lipinski definition) is 3. The second-order valence-electron chi connectivity index (χ2n) is 4.91. The van der Waals surface area contributed by atoms with Crippen LogP contribution < -0.4 is 10.1 Å². The van der Waals surface area contributed by atoms with Crippen LogP contribution >= 0.6 is 15.9 Å². The zero-order valence-electron chi connectivity index (χ0n) is 11.8. The third-order valence-electron chi connectivity index (χ3n) is 2.77. The van der Waals surface area contributed by atoms with Crippen LogP contribution in [-0.4, -0.2) is 22.4 Å². The molecule has 0 spiro atoms. The Bertz CT molecular complexity index is 539. The van der Waals surface area contributed by atoms with Gasteiger partial charge in [-0.25, -0.2) is 0 Å². The fourth-order valence-corrected chi connectivity index (χ4v) is 2.12. The third-order valence-corrected chi connectivity index (χ3v) is 3.27. The van der Waals surface area contributed by atoms with Crippen molar-refractivity contribution in [2.24, 2.45) is 0 Å². The van der Waals surface area contributed by atoms with E-state index in [0.717, 1.165) is 29.0 Å². The normalized spacial score (nSPS) is 11.0. The lowest BCUT2D eigenvalue weighted by Crippen LogP contribution is -2.22. The number of benzene rings is 1. The molecule has 1 aromatic heterocycles. The van der Waals surface area contributed by atoms with Gasteiger partial charge in [-0.05, 0) is 24.3 Å².